The molecular weight excluding hydrogens is 474 g/mol. The molecule has 1 unspecified atom stereocenters. The fraction of sp³-hybridized carbons (Fsp3) is 0.320. The number of methoxy groups -OCH3 is 1. The Balaban J connectivity index is 1.69. The van der Waals surface area contributed by atoms with E-state index in [9.17, 15) is 23.5 Å². The van der Waals surface area contributed by atoms with Crippen molar-refractivity contribution in [1.82, 2.24) is 20.4 Å². The van der Waals surface area contributed by atoms with Gasteiger partial charge in [0.1, 0.15) is 12.4 Å². The molecule has 3 aromatic rings. The predicted molar refractivity (Wildman–Crippen MR) is 128 cm³/mol. The van der Waals surface area contributed by atoms with E-state index in [1.165, 1.54) is 36.4 Å². The fourth-order valence-electron chi connectivity index (χ4n) is 4.32. The number of ether oxygens (including phenoxy) is 1. The normalized spacial score (nSPS) is 14.9. The number of nitrogens with one attached hydrogen (secondary N) is 2. The third-order valence-electron chi connectivity index (χ3n) is 6.26. The fourth-order valence-corrected chi connectivity index (χ4v) is 4.32. The van der Waals surface area contributed by atoms with Crippen LogP contribution < -0.4 is 10.1 Å². The molecule has 0 aliphatic carbocycles. The molecule has 1 atom stereocenters. The first-order valence-corrected chi connectivity index (χ1v) is 11.3. The molecule has 9 nitrogen and oxygen atoms in total. The van der Waals surface area contributed by atoms with Crippen LogP contribution in [0.4, 0.5) is 13.6 Å². The van der Waals surface area contributed by atoms with Crippen LogP contribution in [0.1, 0.15) is 46.4 Å². The van der Waals surface area contributed by atoms with Gasteiger partial charge in [0, 0.05) is 24.2 Å². The van der Waals surface area contributed by atoms with Crippen LogP contribution in [0.25, 0.3) is 16.5 Å². The van der Waals surface area contributed by atoms with Crippen LogP contribution in [-0.2, 0) is 5.92 Å². The highest BCUT2D eigenvalue weighted by molar-refractivity contribution is 6.09. The Morgan fingerprint density at radius 2 is 2.11 bits per heavy atom. The van der Waals surface area contributed by atoms with Crippen molar-refractivity contribution in [3.8, 4) is 5.75 Å². The van der Waals surface area contributed by atoms with Crippen LogP contribution in [0.15, 0.2) is 42.6 Å². The molecule has 2 heterocycles. The first-order chi connectivity index (χ1) is 17.2. The SMILES string of the molecule is COc1c(C2=CCCN(C(=O)O)C2)cc(C(=O)NC(C)c2cccc(C(F)(F)CO)c2)c2[nH]ncc12. The summed E-state index contributed by atoms with van der Waals surface area (Å²) in [6, 6.07) is 6.51. The number of aliphatic hydroxyl groups excluding tert-OH is 1. The van der Waals surface area contributed by atoms with Gasteiger partial charge in [-0.25, -0.2) is 4.79 Å². The summed E-state index contributed by atoms with van der Waals surface area (Å²) in [5, 5.41) is 28.7. The van der Waals surface area contributed by atoms with Crippen molar-refractivity contribution >= 4 is 28.5 Å². The molecule has 0 spiro atoms. The summed E-state index contributed by atoms with van der Waals surface area (Å²) in [6.45, 7) is 0.850. The van der Waals surface area contributed by atoms with Gasteiger partial charge in [-0.15, -0.1) is 0 Å². The molecule has 190 valence electrons. The van der Waals surface area contributed by atoms with Crippen molar-refractivity contribution in [2.75, 3.05) is 26.8 Å². The van der Waals surface area contributed by atoms with Gasteiger partial charge in [0.15, 0.2) is 0 Å². The molecule has 4 rings (SSSR count). The lowest BCUT2D eigenvalue weighted by molar-refractivity contribution is -0.0556. The lowest BCUT2D eigenvalue weighted by atomic mass is 9.95. The van der Waals surface area contributed by atoms with Gasteiger partial charge in [-0.3, -0.25) is 9.89 Å². The molecule has 0 saturated heterocycles. The van der Waals surface area contributed by atoms with Crippen LogP contribution in [-0.4, -0.2) is 64.1 Å². The summed E-state index contributed by atoms with van der Waals surface area (Å²) in [5.74, 6) is -3.42. The highest BCUT2D eigenvalue weighted by Crippen LogP contribution is 2.37. The number of benzene rings is 2. The molecule has 1 aromatic heterocycles. The Labute approximate surface area is 205 Å². The molecule has 0 radical (unpaired) electrons. The lowest BCUT2D eigenvalue weighted by Crippen LogP contribution is -2.34. The largest absolute Gasteiger partial charge is 0.495 e. The maximum absolute atomic E-state index is 14.0. The third kappa shape index (κ3) is 4.74. The number of alkyl halides is 2. The van der Waals surface area contributed by atoms with Gasteiger partial charge < -0.3 is 25.2 Å². The molecule has 1 aliphatic heterocycles. The molecule has 1 aliphatic rings. The summed E-state index contributed by atoms with van der Waals surface area (Å²) < 4.78 is 33.5. The number of aromatic amines is 1. The van der Waals surface area contributed by atoms with E-state index < -0.39 is 30.6 Å². The van der Waals surface area contributed by atoms with Crippen LogP contribution >= 0.6 is 0 Å². The number of halogens is 2. The van der Waals surface area contributed by atoms with E-state index in [2.05, 4.69) is 15.5 Å². The highest BCUT2D eigenvalue weighted by Gasteiger charge is 2.31. The van der Waals surface area contributed by atoms with E-state index in [0.29, 0.717) is 46.3 Å². The van der Waals surface area contributed by atoms with E-state index in [1.807, 2.05) is 6.08 Å². The second-order valence-electron chi connectivity index (χ2n) is 8.57. The zero-order chi connectivity index (χ0) is 26.0. The van der Waals surface area contributed by atoms with Gasteiger partial charge in [0.2, 0.25) is 0 Å². The van der Waals surface area contributed by atoms with Crippen LogP contribution in [0.3, 0.4) is 0 Å². The second kappa shape index (κ2) is 9.94. The molecule has 2 amide bonds. The van der Waals surface area contributed by atoms with Gasteiger partial charge in [0.05, 0.1) is 35.8 Å². The summed E-state index contributed by atoms with van der Waals surface area (Å²) in [7, 11) is 1.49. The van der Waals surface area contributed by atoms with E-state index in [4.69, 9.17) is 9.84 Å². The lowest BCUT2D eigenvalue weighted by Gasteiger charge is -2.26. The number of carboxylic acid groups (broad SMARTS) is 1. The minimum atomic E-state index is -3.40. The number of hydrogen-bond acceptors (Lipinski definition) is 5. The van der Waals surface area contributed by atoms with Gasteiger partial charge >= 0.3 is 6.09 Å². The van der Waals surface area contributed by atoms with Crippen molar-refractivity contribution in [2.24, 2.45) is 0 Å². The van der Waals surface area contributed by atoms with E-state index in [1.54, 1.807) is 19.1 Å². The van der Waals surface area contributed by atoms with E-state index in [0.717, 1.165) is 0 Å². The predicted octanol–water partition coefficient (Wildman–Crippen LogP) is 3.91. The van der Waals surface area contributed by atoms with Gasteiger partial charge in [0.25, 0.3) is 11.8 Å². The maximum atomic E-state index is 14.0. The Kier molecular flexibility index (Phi) is 6.93. The van der Waals surface area contributed by atoms with Crippen molar-refractivity contribution in [3.63, 3.8) is 0 Å². The first-order valence-electron chi connectivity index (χ1n) is 11.3. The van der Waals surface area contributed by atoms with E-state index in [-0.39, 0.29) is 17.7 Å². The Morgan fingerprint density at radius 3 is 2.81 bits per heavy atom. The quantitative estimate of drug-likeness (QED) is 0.390. The Bertz CT molecular complexity index is 1340. The average Bonchev–Trinajstić information content (AvgIpc) is 3.37. The van der Waals surface area contributed by atoms with Gasteiger partial charge in [-0.05, 0) is 36.6 Å². The Morgan fingerprint density at radius 1 is 1.33 bits per heavy atom. The second-order valence-corrected chi connectivity index (χ2v) is 8.57. The number of aromatic nitrogens is 2. The maximum Gasteiger partial charge on any atom is 0.407 e. The first kappa shape index (κ1) is 25.1. The summed E-state index contributed by atoms with van der Waals surface area (Å²) in [4.78, 5) is 26.2. The molecular formula is C25H26F2N4O5. The molecule has 2 aromatic carbocycles. The van der Waals surface area contributed by atoms with Crippen molar-refractivity contribution in [1.29, 1.82) is 0 Å². The van der Waals surface area contributed by atoms with Gasteiger partial charge in [-0.2, -0.15) is 13.9 Å². The molecule has 4 N–H and O–H groups in total. The standard InChI is InChI=1S/C25H26F2N4O5/c1-14(15-5-3-7-17(9-15)25(26,27)13-32)29-23(33)19-10-18(16-6-4-8-31(12-16)24(34)35)22(36-2)20-11-28-30-21(19)20/h3,5-7,9-11,14,32H,4,8,12-13H2,1-2H3,(H,28,30)(H,29,33)(H,34,35). The molecule has 0 bridgehead atoms. The van der Waals surface area contributed by atoms with Gasteiger partial charge in [-0.1, -0.05) is 24.3 Å². The summed E-state index contributed by atoms with van der Waals surface area (Å²) in [5.41, 5.74) is 2.03. The topological polar surface area (TPSA) is 128 Å². The van der Waals surface area contributed by atoms with Crippen molar-refractivity contribution in [2.45, 2.75) is 25.3 Å². The molecule has 11 heteroatoms. The smallest absolute Gasteiger partial charge is 0.407 e. The monoisotopic (exact) mass is 500 g/mol. The van der Waals surface area contributed by atoms with Crippen LogP contribution in [0, 0.1) is 0 Å². The molecule has 0 saturated carbocycles. The average molecular weight is 501 g/mol. The van der Waals surface area contributed by atoms with Crippen LogP contribution in [0.5, 0.6) is 5.75 Å². The number of carbonyl (C=O) groups excluding carboxylic acids is 1. The summed E-state index contributed by atoms with van der Waals surface area (Å²) in [6.07, 6.45) is 2.92. The minimum absolute atomic E-state index is 0.137. The number of hydrogen-bond donors (Lipinski definition) is 4. The van der Waals surface area contributed by atoms with Crippen LogP contribution in [0.2, 0.25) is 0 Å². The highest BCUT2D eigenvalue weighted by atomic mass is 19.3. The number of aliphatic hydroxyl groups is 1. The summed E-state index contributed by atoms with van der Waals surface area (Å²) >= 11 is 0. The molecule has 36 heavy (non-hydrogen) atoms. The van der Waals surface area contributed by atoms with E-state index >= 15 is 0 Å². The molecule has 0 fully saturated rings. The number of fused-ring (bicyclic) bond motifs is 1. The minimum Gasteiger partial charge on any atom is -0.495 e. The third-order valence-corrected chi connectivity index (χ3v) is 6.26. The number of carbonyl (C=O) groups is 2. The number of amides is 2. The zero-order valence-electron chi connectivity index (χ0n) is 19.7. The zero-order valence-corrected chi connectivity index (χ0v) is 19.7. The number of rotatable bonds is 7. The van der Waals surface area contributed by atoms with Crippen molar-refractivity contribution in [3.05, 3.63) is 64.9 Å². The number of H-pyrrole nitrogens is 1. The number of nitrogens with zero attached hydrogens (tertiary/aromatic N) is 2. The Hall–Kier alpha value is -3.99. The van der Waals surface area contributed by atoms with Crippen molar-refractivity contribution < 1.29 is 33.3 Å².